The van der Waals surface area contributed by atoms with Crippen LogP contribution >= 0.6 is 0 Å². The quantitative estimate of drug-likeness (QED) is 0.389. The van der Waals surface area contributed by atoms with E-state index in [4.69, 9.17) is 11.5 Å². The third kappa shape index (κ3) is 18.7. The molecule has 0 heterocycles. The SMILES string of the molecule is CC(C)C[C@@H](C(=O)[O-])N(CC(=O)[O-])CC(=O)[O-].NCCN.O.[Co+3]. The molecular formula is C12H24CoN3O7. The Morgan fingerprint density at radius 1 is 0.957 bits per heavy atom. The second-order valence-electron chi connectivity index (χ2n) is 4.69. The average molecular weight is 381 g/mol. The summed E-state index contributed by atoms with van der Waals surface area (Å²) in [6.07, 6.45) is 0.0862. The van der Waals surface area contributed by atoms with Crippen molar-refractivity contribution in [1.82, 2.24) is 4.90 Å². The van der Waals surface area contributed by atoms with Crippen LogP contribution in [0.25, 0.3) is 0 Å². The van der Waals surface area contributed by atoms with Crippen molar-refractivity contribution in [2.75, 3.05) is 26.2 Å². The number of carboxylic acids is 3. The van der Waals surface area contributed by atoms with E-state index in [1.165, 1.54) is 0 Å². The number of carbonyl (C=O) groups excluding carboxylic acids is 3. The van der Waals surface area contributed by atoms with Gasteiger partial charge < -0.3 is 46.6 Å². The molecule has 23 heavy (non-hydrogen) atoms. The minimum atomic E-state index is -1.55. The van der Waals surface area contributed by atoms with Crippen LogP contribution in [0.2, 0.25) is 0 Å². The maximum absolute atomic E-state index is 10.9. The molecule has 0 radical (unpaired) electrons. The first-order valence-electron chi connectivity index (χ1n) is 6.40. The second-order valence-corrected chi connectivity index (χ2v) is 4.69. The van der Waals surface area contributed by atoms with E-state index in [0.717, 1.165) is 4.90 Å². The number of carbonyl (C=O) groups is 3. The van der Waals surface area contributed by atoms with E-state index >= 15 is 0 Å². The smallest absolute Gasteiger partial charge is 0.549 e. The zero-order valence-electron chi connectivity index (χ0n) is 13.1. The molecule has 10 nitrogen and oxygen atoms in total. The van der Waals surface area contributed by atoms with Crippen molar-refractivity contribution in [3.8, 4) is 0 Å². The Bertz CT molecular complexity index is 325. The molecule has 138 valence electrons. The van der Waals surface area contributed by atoms with E-state index in [0.29, 0.717) is 13.1 Å². The molecule has 0 aromatic carbocycles. The molecule has 0 rings (SSSR count). The summed E-state index contributed by atoms with van der Waals surface area (Å²) >= 11 is 0. The number of carboxylic acid groups (broad SMARTS) is 3. The van der Waals surface area contributed by atoms with Gasteiger partial charge in [-0.1, -0.05) is 13.8 Å². The maximum Gasteiger partial charge on any atom is 3.00 e. The standard InChI is InChI=1S/C10H17NO6.C2H8N2.Co.H2O/c1-6(2)3-7(10(16)17)11(4-8(12)13)5-9(14)15;3-1-2-4;;/h6-7H,3-5H2,1-2H3,(H,12,13)(H,14,15)(H,16,17);1-4H2;;1H2/q;;+3;/p-3/t7-;;;/m0.../s1. The molecule has 0 spiro atoms. The molecule has 1 atom stereocenters. The van der Waals surface area contributed by atoms with Crippen LogP contribution in [0.4, 0.5) is 0 Å². The number of rotatable bonds is 9. The summed E-state index contributed by atoms with van der Waals surface area (Å²) in [6, 6.07) is -1.29. The molecule has 0 fully saturated rings. The summed E-state index contributed by atoms with van der Waals surface area (Å²) in [5, 5.41) is 31.7. The van der Waals surface area contributed by atoms with E-state index in [2.05, 4.69) is 0 Å². The normalized spacial score (nSPS) is 10.7. The molecule has 0 amide bonds. The number of hydrogen-bond acceptors (Lipinski definition) is 9. The van der Waals surface area contributed by atoms with Crippen LogP contribution in [-0.4, -0.2) is 60.5 Å². The Morgan fingerprint density at radius 2 is 1.30 bits per heavy atom. The Kier molecular flexibility index (Phi) is 22.1. The van der Waals surface area contributed by atoms with Crippen LogP contribution in [0, 0.1) is 5.92 Å². The Hall–Kier alpha value is -1.24. The minimum Gasteiger partial charge on any atom is -0.549 e. The Labute approximate surface area is 145 Å². The van der Waals surface area contributed by atoms with Gasteiger partial charge in [0.2, 0.25) is 0 Å². The summed E-state index contributed by atoms with van der Waals surface area (Å²) in [5.41, 5.74) is 9.81. The van der Waals surface area contributed by atoms with Crippen LogP contribution in [0.5, 0.6) is 0 Å². The first-order chi connectivity index (χ1) is 9.65. The van der Waals surface area contributed by atoms with E-state index in [-0.39, 0.29) is 34.6 Å². The van der Waals surface area contributed by atoms with E-state index in [1.54, 1.807) is 13.8 Å². The van der Waals surface area contributed by atoms with Crippen molar-refractivity contribution in [3.05, 3.63) is 0 Å². The number of nitrogens with zero attached hydrogens (tertiary/aromatic N) is 1. The van der Waals surface area contributed by atoms with E-state index < -0.39 is 37.0 Å². The van der Waals surface area contributed by atoms with Gasteiger partial charge in [0.25, 0.3) is 0 Å². The third-order valence-corrected chi connectivity index (χ3v) is 2.24. The van der Waals surface area contributed by atoms with Crippen molar-refractivity contribution in [1.29, 1.82) is 0 Å². The van der Waals surface area contributed by atoms with Gasteiger partial charge in [-0.25, -0.2) is 0 Å². The fourth-order valence-corrected chi connectivity index (χ4v) is 1.45. The molecule has 0 aromatic heterocycles. The van der Waals surface area contributed by atoms with Gasteiger partial charge in [0.1, 0.15) is 0 Å². The maximum atomic E-state index is 10.9. The Balaban J connectivity index is -0.000000268. The monoisotopic (exact) mass is 381 g/mol. The molecule has 0 saturated heterocycles. The summed E-state index contributed by atoms with van der Waals surface area (Å²) in [4.78, 5) is 32.5. The molecule has 0 aliphatic rings. The first kappa shape index (κ1) is 29.7. The van der Waals surface area contributed by atoms with Crippen LogP contribution in [0.3, 0.4) is 0 Å². The van der Waals surface area contributed by atoms with Crippen molar-refractivity contribution in [2.45, 2.75) is 26.3 Å². The van der Waals surface area contributed by atoms with Crippen molar-refractivity contribution in [2.24, 2.45) is 17.4 Å². The van der Waals surface area contributed by atoms with Gasteiger partial charge in [-0.15, -0.1) is 0 Å². The second kappa shape index (κ2) is 17.1. The fourth-order valence-electron chi connectivity index (χ4n) is 1.45. The average Bonchev–Trinajstić information content (AvgIpc) is 2.33. The van der Waals surface area contributed by atoms with Gasteiger partial charge in [0.15, 0.2) is 0 Å². The predicted molar refractivity (Wildman–Crippen MR) is 71.6 cm³/mol. The molecule has 0 bridgehead atoms. The van der Waals surface area contributed by atoms with Gasteiger partial charge in [-0.05, 0) is 12.3 Å². The molecule has 11 heteroatoms. The zero-order valence-corrected chi connectivity index (χ0v) is 14.1. The van der Waals surface area contributed by atoms with E-state index in [9.17, 15) is 29.7 Å². The fraction of sp³-hybridized carbons (Fsp3) is 0.750. The first-order valence-corrected chi connectivity index (χ1v) is 6.40. The number of aliphatic carboxylic acids is 3. The van der Waals surface area contributed by atoms with Gasteiger partial charge in [0.05, 0.1) is 23.9 Å². The van der Waals surface area contributed by atoms with Gasteiger partial charge in [0, 0.05) is 26.2 Å². The molecule has 0 unspecified atom stereocenters. The van der Waals surface area contributed by atoms with Gasteiger partial charge >= 0.3 is 16.8 Å². The van der Waals surface area contributed by atoms with Crippen LogP contribution in [0.15, 0.2) is 0 Å². The van der Waals surface area contributed by atoms with Crippen LogP contribution < -0.4 is 26.8 Å². The predicted octanol–water partition coefficient (Wildman–Crippen LogP) is -5.97. The van der Waals surface area contributed by atoms with Crippen molar-refractivity contribution < 1.29 is 52.0 Å². The molecule has 0 aliphatic heterocycles. The number of hydrogen-bond donors (Lipinski definition) is 2. The van der Waals surface area contributed by atoms with Crippen LogP contribution in [-0.2, 0) is 31.2 Å². The van der Waals surface area contributed by atoms with Crippen molar-refractivity contribution >= 4 is 17.9 Å². The van der Waals surface area contributed by atoms with Gasteiger partial charge in [-0.2, -0.15) is 0 Å². The molecule has 0 saturated carbocycles. The molecule has 6 N–H and O–H groups in total. The molecule has 0 aliphatic carbocycles. The Morgan fingerprint density at radius 3 is 1.48 bits per heavy atom. The topological polar surface area (TPSA) is 207 Å². The largest absolute Gasteiger partial charge is 3.00 e. The summed E-state index contributed by atoms with van der Waals surface area (Å²) in [6.45, 7) is 3.07. The van der Waals surface area contributed by atoms with E-state index in [1.807, 2.05) is 0 Å². The summed E-state index contributed by atoms with van der Waals surface area (Å²) in [7, 11) is 0. The summed E-state index contributed by atoms with van der Waals surface area (Å²) < 4.78 is 0. The number of nitrogens with two attached hydrogens (primary N) is 2. The zero-order chi connectivity index (χ0) is 17.0. The molecular weight excluding hydrogens is 357 g/mol. The molecule has 0 aromatic rings. The third-order valence-electron chi connectivity index (χ3n) is 2.24. The summed E-state index contributed by atoms with van der Waals surface area (Å²) in [5.74, 6) is -4.67. The van der Waals surface area contributed by atoms with Crippen LogP contribution in [0.1, 0.15) is 20.3 Å². The van der Waals surface area contributed by atoms with Gasteiger partial charge in [-0.3, -0.25) is 4.90 Å². The minimum absolute atomic E-state index is 0. The van der Waals surface area contributed by atoms with Crippen molar-refractivity contribution in [3.63, 3.8) is 0 Å².